The van der Waals surface area contributed by atoms with E-state index in [4.69, 9.17) is 10.00 Å². The van der Waals surface area contributed by atoms with Gasteiger partial charge in [-0.05, 0) is 51.7 Å². The molecule has 6 heteroatoms. The van der Waals surface area contributed by atoms with E-state index in [1.54, 1.807) is 0 Å². The Morgan fingerprint density at radius 3 is 2.42 bits per heavy atom. The first-order valence-corrected chi connectivity index (χ1v) is 8.82. The van der Waals surface area contributed by atoms with Crippen molar-refractivity contribution in [2.45, 2.75) is 51.7 Å². The number of nitrogens with one attached hydrogen (secondary N) is 1. The Labute approximate surface area is 153 Å². The number of benzene rings is 1. The van der Waals surface area contributed by atoms with Crippen molar-refractivity contribution in [1.29, 1.82) is 5.26 Å². The average Bonchev–Trinajstić information content (AvgIpc) is 2.63. The molecule has 1 N–H and O–H groups in total. The minimum absolute atomic E-state index is 0.00633. The fourth-order valence-corrected chi connectivity index (χ4v) is 3.35. The number of aryl methyl sites for hydroxylation is 2. The van der Waals surface area contributed by atoms with Gasteiger partial charge in [-0.15, -0.1) is 0 Å². The summed E-state index contributed by atoms with van der Waals surface area (Å²) in [7, 11) is 0. The molecule has 0 spiro atoms. The van der Waals surface area contributed by atoms with Crippen LogP contribution in [0.5, 0.6) is 5.88 Å². The van der Waals surface area contributed by atoms with Crippen LogP contribution in [0.15, 0.2) is 30.6 Å². The fourth-order valence-electron chi connectivity index (χ4n) is 3.35. The summed E-state index contributed by atoms with van der Waals surface area (Å²) in [6.07, 6.45) is 6.27. The molecular weight excluding hydrogens is 328 g/mol. The zero-order valence-electron chi connectivity index (χ0n) is 15.0. The third-order valence-corrected chi connectivity index (χ3v) is 4.54. The van der Waals surface area contributed by atoms with Gasteiger partial charge in [-0.3, -0.25) is 4.79 Å². The van der Waals surface area contributed by atoms with Gasteiger partial charge in [0.25, 0.3) is 11.8 Å². The number of hydrogen-bond acceptors (Lipinski definition) is 5. The zero-order valence-corrected chi connectivity index (χ0v) is 15.0. The molecule has 26 heavy (non-hydrogen) atoms. The number of carbonyl (C=O) groups excluding carboxylic acids is 1. The van der Waals surface area contributed by atoms with Gasteiger partial charge in [0.05, 0.1) is 0 Å². The van der Waals surface area contributed by atoms with Gasteiger partial charge >= 0.3 is 0 Å². The molecule has 1 aromatic heterocycles. The van der Waals surface area contributed by atoms with E-state index < -0.39 is 0 Å². The summed E-state index contributed by atoms with van der Waals surface area (Å²) in [6.45, 7) is 3.99. The minimum atomic E-state index is -0.0261. The lowest BCUT2D eigenvalue weighted by atomic mass is 9.92. The van der Waals surface area contributed by atoms with E-state index in [0.717, 1.165) is 36.8 Å². The molecule has 2 aromatic rings. The Bertz CT molecular complexity index is 816. The molecule has 1 fully saturated rings. The highest BCUT2D eigenvalue weighted by Crippen LogP contribution is 2.24. The fraction of sp³-hybridized carbons (Fsp3) is 0.400. The number of amides is 1. The second-order valence-electron chi connectivity index (χ2n) is 6.76. The van der Waals surface area contributed by atoms with Crippen LogP contribution < -0.4 is 10.1 Å². The maximum atomic E-state index is 12.5. The highest BCUT2D eigenvalue weighted by Gasteiger charge is 2.25. The second kappa shape index (κ2) is 7.96. The van der Waals surface area contributed by atoms with Crippen molar-refractivity contribution in [2.24, 2.45) is 0 Å². The van der Waals surface area contributed by atoms with Crippen molar-refractivity contribution in [2.75, 3.05) is 0 Å². The van der Waals surface area contributed by atoms with Crippen molar-refractivity contribution < 1.29 is 9.53 Å². The Morgan fingerprint density at radius 1 is 1.12 bits per heavy atom. The third-order valence-electron chi connectivity index (χ3n) is 4.54. The molecule has 1 aromatic carbocycles. The van der Waals surface area contributed by atoms with Crippen LogP contribution in [-0.2, 0) is 0 Å². The molecule has 1 amide bonds. The maximum absolute atomic E-state index is 12.5. The van der Waals surface area contributed by atoms with Gasteiger partial charge in [0, 0.05) is 24.0 Å². The molecular formula is C20H22N4O2. The number of aromatic nitrogens is 2. The zero-order chi connectivity index (χ0) is 18.5. The molecule has 3 rings (SSSR count). The standard InChI is InChI=1S/C20H22N4O2/c1-13-9-14(2)11-15(10-13)19(25)24-16-3-5-17(6-4-16)26-20-18(12-21)22-7-8-23-20/h7-11,16-17H,3-6H2,1-2H3,(H,24,25). The summed E-state index contributed by atoms with van der Waals surface area (Å²) in [5.74, 6) is 0.264. The van der Waals surface area contributed by atoms with Crippen molar-refractivity contribution >= 4 is 5.91 Å². The monoisotopic (exact) mass is 350 g/mol. The summed E-state index contributed by atoms with van der Waals surface area (Å²) in [5.41, 5.74) is 3.09. The normalized spacial score (nSPS) is 19.4. The predicted molar refractivity (Wildman–Crippen MR) is 96.8 cm³/mol. The van der Waals surface area contributed by atoms with Gasteiger partial charge in [-0.1, -0.05) is 17.2 Å². The molecule has 1 saturated carbocycles. The SMILES string of the molecule is Cc1cc(C)cc(C(=O)NC2CCC(Oc3nccnc3C#N)CC2)c1. The van der Waals surface area contributed by atoms with Crippen molar-refractivity contribution in [3.05, 3.63) is 53.0 Å². The smallest absolute Gasteiger partial charge is 0.251 e. The molecule has 0 atom stereocenters. The molecule has 0 radical (unpaired) electrons. The molecule has 1 heterocycles. The van der Waals surface area contributed by atoms with Gasteiger partial charge in [0.1, 0.15) is 12.2 Å². The van der Waals surface area contributed by atoms with Crippen LogP contribution in [0.25, 0.3) is 0 Å². The largest absolute Gasteiger partial charge is 0.472 e. The van der Waals surface area contributed by atoms with E-state index in [9.17, 15) is 4.79 Å². The van der Waals surface area contributed by atoms with Gasteiger partial charge in [-0.25, -0.2) is 9.97 Å². The number of nitriles is 1. The van der Waals surface area contributed by atoms with Crippen LogP contribution >= 0.6 is 0 Å². The molecule has 0 aliphatic heterocycles. The number of rotatable bonds is 4. The predicted octanol–water partition coefficient (Wildman–Crippen LogP) is 3.09. The highest BCUT2D eigenvalue weighted by molar-refractivity contribution is 5.94. The molecule has 0 saturated heterocycles. The number of hydrogen-bond donors (Lipinski definition) is 1. The molecule has 1 aliphatic rings. The quantitative estimate of drug-likeness (QED) is 0.915. The topological polar surface area (TPSA) is 87.9 Å². The molecule has 0 bridgehead atoms. The first kappa shape index (κ1) is 17.9. The Balaban J connectivity index is 1.54. The summed E-state index contributed by atoms with van der Waals surface area (Å²) in [4.78, 5) is 20.5. The first-order valence-electron chi connectivity index (χ1n) is 8.82. The molecule has 134 valence electrons. The van der Waals surface area contributed by atoms with Gasteiger partial charge in [-0.2, -0.15) is 5.26 Å². The van der Waals surface area contributed by atoms with Crippen LogP contribution in [0.1, 0.15) is 52.9 Å². The number of ether oxygens (including phenoxy) is 1. The molecule has 0 unspecified atom stereocenters. The van der Waals surface area contributed by atoms with Crippen LogP contribution in [-0.4, -0.2) is 28.0 Å². The summed E-state index contributed by atoms with van der Waals surface area (Å²) < 4.78 is 5.84. The van der Waals surface area contributed by atoms with E-state index >= 15 is 0 Å². The van der Waals surface area contributed by atoms with Crippen molar-refractivity contribution in [3.63, 3.8) is 0 Å². The van der Waals surface area contributed by atoms with Gasteiger partial charge < -0.3 is 10.1 Å². The third kappa shape index (κ3) is 4.37. The minimum Gasteiger partial charge on any atom is -0.472 e. The molecule has 6 nitrogen and oxygen atoms in total. The van der Waals surface area contributed by atoms with Gasteiger partial charge in [0.2, 0.25) is 5.69 Å². The Hall–Kier alpha value is -2.94. The average molecular weight is 350 g/mol. The van der Waals surface area contributed by atoms with E-state index in [-0.39, 0.29) is 29.6 Å². The maximum Gasteiger partial charge on any atom is 0.251 e. The number of nitrogens with zero attached hydrogens (tertiary/aromatic N) is 3. The lowest BCUT2D eigenvalue weighted by Gasteiger charge is -2.29. The van der Waals surface area contributed by atoms with E-state index in [1.807, 2.05) is 32.0 Å². The van der Waals surface area contributed by atoms with Gasteiger partial charge in [0.15, 0.2) is 0 Å². The van der Waals surface area contributed by atoms with Crippen LogP contribution in [0.2, 0.25) is 0 Å². The van der Waals surface area contributed by atoms with Crippen LogP contribution in [0.3, 0.4) is 0 Å². The highest BCUT2D eigenvalue weighted by atomic mass is 16.5. The summed E-state index contributed by atoms with van der Waals surface area (Å²) in [6, 6.07) is 8.01. The van der Waals surface area contributed by atoms with E-state index in [1.165, 1.54) is 12.4 Å². The molecule has 1 aliphatic carbocycles. The Morgan fingerprint density at radius 2 is 1.77 bits per heavy atom. The summed E-state index contributed by atoms with van der Waals surface area (Å²) >= 11 is 0. The Kier molecular flexibility index (Phi) is 5.47. The summed E-state index contributed by atoms with van der Waals surface area (Å²) in [5, 5.41) is 12.2. The van der Waals surface area contributed by atoms with Crippen LogP contribution in [0.4, 0.5) is 0 Å². The van der Waals surface area contributed by atoms with Crippen molar-refractivity contribution in [3.8, 4) is 11.9 Å². The van der Waals surface area contributed by atoms with E-state index in [2.05, 4.69) is 21.4 Å². The lowest BCUT2D eigenvalue weighted by Crippen LogP contribution is -2.39. The van der Waals surface area contributed by atoms with Crippen LogP contribution in [0, 0.1) is 25.2 Å². The lowest BCUT2D eigenvalue weighted by molar-refractivity contribution is 0.0889. The number of carbonyl (C=O) groups is 1. The van der Waals surface area contributed by atoms with E-state index in [0.29, 0.717) is 5.56 Å². The van der Waals surface area contributed by atoms with Crippen molar-refractivity contribution in [1.82, 2.24) is 15.3 Å². The second-order valence-corrected chi connectivity index (χ2v) is 6.76. The first-order chi connectivity index (χ1) is 12.5.